The van der Waals surface area contributed by atoms with Gasteiger partial charge in [0, 0.05) is 18.2 Å². The lowest BCUT2D eigenvalue weighted by molar-refractivity contribution is -0.114. The molecule has 9 heteroatoms. The smallest absolute Gasteiger partial charge is 0.273 e. The summed E-state index contributed by atoms with van der Waals surface area (Å²) in [6, 6.07) is 11.1. The highest BCUT2D eigenvalue weighted by Gasteiger charge is 2.19. The predicted molar refractivity (Wildman–Crippen MR) is 119 cm³/mol. The average molecular weight is 425 g/mol. The summed E-state index contributed by atoms with van der Waals surface area (Å²) in [5.74, 6) is -0.359. The number of rotatable bonds is 9. The number of oxime groups is 3. The topological polar surface area (TPSA) is 107 Å². The Bertz CT molecular complexity index is 1010. The first-order chi connectivity index (χ1) is 14.9. The van der Waals surface area contributed by atoms with Crippen molar-refractivity contribution in [2.24, 2.45) is 15.5 Å². The van der Waals surface area contributed by atoms with Gasteiger partial charge in [0.1, 0.15) is 32.2 Å². The lowest BCUT2D eigenvalue weighted by Crippen LogP contribution is -2.29. The zero-order valence-corrected chi connectivity index (χ0v) is 18.6. The Balaban J connectivity index is 2.27. The normalized spacial score (nSPS) is 12.4. The number of nitrogens with zero attached hydrogens (tertiary/aromatic N) is 4. The quantitative estimate of drug-likeness (QED) is 0.491. The number of benzene rings is 1. The molecule has 0 saturated heterocycles. The van der Waals surface area contributed by atoms with Gasteiger partial charge in [0.2, 0.25) is 0 Å². The highest BCUT2D eigenvalue weighted by Crippen LogP contribution is 2.18. The third kappa shape index (κ3) is 6.11. The largest absolute Gasteiger partial charge is 0.399 e. The second kappa shape index (κ2) is 11.4. The van der Waals surface area contributed by atoms with E-state index in [0.717, 1.165) is 11.1 Å². The maximum atomic E-state index is 12.2. The molecule has 2 aromatic rings. The van der Waals surface area contributed by atoms with Gasteiger partial charge in [-0.25, -0.2) is 4.98 Å². The van der Waals surface area contributed by atoms with Gasteiger partial charge in [-0.1, -0.05) is 39.7 Å². The Morgan fingerprint density at radius 3 is 2.19 bits per heavy atom. The van der Waals surface area contributed by atoms with Crippen LogP contribution in [-0.4, -0.2) is 49.3 Å². The summed E-state index contributed by atoms with van der Waals surface area (Å²) in [4.78, 5) is 32.0. The molecule has 0 fully saturated rings. The fraction of sp³-hybridized carbons (Fsp3) is 0.318. The minimum atomic E-state index is -0.359. The Morgan fingerprint density at radius 1 is 0.968 bits per heavy atom. The second-order valence-corrected chi connectivity index (χ2v) is 6.52. The number of carbonyl (C=O) groups is 1. The van der Waals surface area contributed by atoms with Gasteiger partial charge >= 0.3 is 0 Å². The Morgan fingerprint density at radius 2 is 1.58 bits per heavy atom. The number of aryl methyl sites for hydroxylation is 1. The molecule has 1 aromatic heterocycles. The number of pyridine rings is 1. The molecule has 0 aliphatic heterocycles. The number of nitrogens with one attached hydrogen (secondary N) is 1. The Hall–Kier alpha value is -3.75. The lowest BCUT2D eigenvalue weighted by atomic mass is 9.98. The summed E-state index contributed by atoms with van der Waals surface area (Å²) in [7, 11) is 4.41. The minimum absolute atomic E-state index is 0.142. The maximum Gasteiger partial charge on any atom is 0.273 e. The molecule has 0 bridgehead atoms. The van der Waals surface area contributed by atoms with E-state index in [2.05, 4.69) is 25.8 Å². The van der Waals surface area contributed by atoms with E-state index in [9.17, 15) is 4.79 Å². The maximum absolute atomic E-state index is 12.2. The average Bonchev–Trinajstić information content (AvgIpc) is 2.78. The highest BCUT2D eigenvalue weighted by atomic mass is 16.6. The first-order valence-corrected chi connectivity index (χ1v) is 9.57. The van der Waals surface area contributed by atoms with E-state index < -0.39 is 0 Å². The van der Waals surface area contributed by atoms with E-state index in [1.165, 1.54) is 21.3 Å². The molecule has 0 unspecified atom stereocenters. The zero-order chi connectivity index (χ0) is 22.8. The summed E-state index contributed by atoms with van der Waals surface area (Å²) in [6.07, 6.45) is 0. The lowest BCUT2D eigenvalue weighted by Gasteiger charge is -2.13. The third-order valence-electron chi connectivity index (χ3n) is 4.42. The van der Waals surface area contributed by atoms with Gasteiger partial charge in [0.15, 0.2) is 5.71 Å². The van der Waals surface area contributed by atoms with Crippen LogP contribution in [0.2, 0.25) is 0 Å². The monoisotopic (exact) mass is 425 g/mol. The molecule has 1 heterocycles. The summed E-state index contributed by atoms with van der Waals surface area (Å²) in [5.41, 5.74) is 5.07. The summed E-state index contributed by atoms with van der Waals surface area (Å²) in [6.45, 7) is 5.68. The van der Waals surface area contributed by atoms with Crippen molar-refractivity contribution in [2.45, 2.75) is 27.4 Å². The van der Waals surface area contributed by atoms with Crippen LogP contribution in [0.5, 0.6) is 0 Å². The molecule has 0 spiro atoms. The van der Waals surface area contributed by atoms with Crippen LogP contribution in [0.1, 0.15) is 41.9 Å². The van der Waals surface area contributed by atoms with Crippen LogP contribution in [-0.2, 0) is 25.9 Å². The van der Waals surface area contributed by atoms with Gasteiger partial charge in [-0.3, -0.25) is 4.79 Å². The first-order valence-electron chi connectivity index (χ1n) is 9.57. The second-order valence-electron chi connectivity index (χ2n) is 6.52. The van der Waals surface area contributed by atoms with Crippen LogP contribution in [0.3, 0.4) is 0 Å². The van der Waals surface area contributed by atoms with Crippen molar-refractivity contribution in [2.75, 3.05) is 21.3 Å². The number of aromatic nitrogens is 1. The number of hydrogen-bond donors (Lipinski definition) is 1. The molecule has 0 radical (unpaired) electrons. The van der Waals surface area contributed by atoms with E-state index >= 15 is 0 Å². The molecule has 9 nitrogen and oxygen atoms in total. The molecule has 1 N–H and O–H groups in total. The predicted octanol–water partition coefficient (Wildman–Crippen LogP) is 2.80. The van der Waals surface area contributed by atoms with Crippen molar-refractivity contribution in [3.63, 3.8) is 0 Å². The third-order valence-corrected chi connectivity index (χ3v) is 4.42. The SMILES string of the molecule is CNC(=O)/C(=N/OC)c1cccc(C)c1CO/N=C(\C)c1cccc(/C(C)=N/OC)n1. The molecule has 0 aliphatic carbocycles. The number of hydrogen-bond acceptors (Lipinski definition) is 8. The van der Waals surface area contributed by atoms with Gasteiger partial charge in [-0.2, -0.15) is 0 Å². The molecule has 0 saturated carbocycles. The summed E-state index contributed by atoms with van der Waals surface area (Å²) >= 11 is 0. The molecule has 0 atom stereocenters. The van der Waals surface area contributed by atoms with Crippen molar-refractivity contribution in [1.82, 2.24) is 10.3 Å². The van der Waals surface area contributed by atoms with E-state index in [1.807, 2.05) is 44.2 Å². The van der Waals surface area contributed by atoms with Gasteiger partial charge in [0.05, 0.1) is 11.4 Å². The van der Waals surface area contributed by atoms with Gasteiger partial charge in [-0.15, -0.1) is 0 Å². The van der Waals surface area contributed by atoms with E-state index in [0.29, 0.717) is 28.4 Å². The van der Waals surface area contributed by atoms with Crippen molar-refractivity contribution < 1.29 is 19.3 Å². The molecular formula is C22H27N5O4. The molecule has 2 rings (SSSR count). The Labute approximate surface area is 181 Å². The van der Waals surface area contributed by atoms with Crippen LogP contribution < -0.4 is 5.32 Å². The molecule has 0 aliphatic rings. The van der Waals surface area contributed by atoms with Crippen molar-refractivity contribution >= 4 is 23.0 Å². The van der Waals surface area contributed by atoms with Crippen LogP contribution in [0.15, 0.2) is 51.9 Å². The van der Waals surface area contributed by atoms with Crippen LogP contribution in [0.4, 0.5) is 0 Å². The standard InChI is InChI=1S/C22H27N5O4/c1-14-9-7-10-17(21(27-30-6)22(28)23-4)18(14)13-31-26-16(3)20-12-8-11-19(24-20)15(2)25-29-5/h7-12H,13H2,1-6H3,(H,23,28)/b25-15+,26-16+,27-21+. The molecule has 1 aromatic carbocycles. The van der Waals surface area contributed by atoms with Crippen LogP contribution in [0, 0.1) is 6.92 Å². The van der Waals surface area contributed by atoms with Crippen molar-refractivity contribution in [3.05, 3.63) is 64.5 Å². The van der Waals surface area contributed by atoms with Gasteiger partial charge < -0.3 is 19.8 Å². The van der Waals surface area contributed by atoms with Gasteiger partial charge in [0.25, 0.3) is 5.91 Å². The molecule has 31 heavy (non-hydrogen) atoms. The van der Waals surface area contributed by atoms with E-state index in [4.69, 9.17) is 14.5 Å². The first kappa shape index (κ1) is 23.5. The van der Waals surface area contributed by atoms with E-state index in [1.54, 1.807) is 13.0 Å². The minimum Gasteiger partial charge on any atom is -0.399 e. The zero-order valence-electron chi connectivity index (χ0n) is 18.6. The molecular weight excluding hydrogens is 398 g/mol. The van der Waals surface area contributed by atoms with Crippen molar-refractivity contribution in [1.29, 1.82) is 0 Å². The molecule has 164 valence electrons. The summed E-state index contributed by atoms with van der Waals surface area (Å²) < 4.78 is 0. The fourth-order valence-corrected chi connectivity index (χ4v) is 2.80. The Kier molecular flexibility index (Phi) is 8.68. The van der Waals surface area contributed by atoms with Crippen LogP contribution >= 0.6 is 0 Å². The van der Waals surface area contributed by atoms with E-state index in [-0.39, 0.29) is 18.2 Å². The summed E-state index contributed by atoms with van der Waals surface area (Å²) in [5, 5.41) is 14.5. The molecule has 1 amide bonds. The number of carbonyl (C=O) groups excluding carboxylic acids is 1. The highest BCUT2D eigenvalue weighted by molar-refractivity contribution is 6.45. The van der Waals surface area contributed by atoms with Gasteiger partial charge in [-0.05, 0) is 38.5 Å². The van der Waals surface area contributed by atoms with Crippen LogP contribution in [0.25, 0.3) is 0 Å². The fourth-order valence-electron chi connectivity index (χ4n) is 2.80. The number of likely N-dealkylation sites (N-methyl/N-ethyl adjacent to an activating group) is 1. The number of amides is 1. The van der Waals surface area contributed by atoms with Crippen molar-refractivity contribution in [3.8, 4) is 0 Å².